The highest BCUT2D eigenvalue weighted by atomic mass is 16.1. The van der Waals surface area contributed by atoms with Crippen molar-refractivity contribution in [2.45, 2.75) is 26.3 Å². The van der Waals surface area contributed by atoms with Crippen LogP contribution in [-0.4, -0.2) is 24.5 Å². The van der Waals surface area contributed by atoms with Gasteiger partial charge in [0.05, 0.1) is 0 Å². The van der Waals surface area contributed by atoms with Crippen molar-refractivity contribution in [1.82, 2.24) is 10.3 Å². The summed E-state index contributed by atoms with van der Waals surface area (Å²) in [5, 5.41) is 2.94. The van der Waals surface area contributed by atoms with E-state index in [1.54, 1.807) is 12.3 Å². The summed E-state index contributed by atoms with van der Waals surface area (Å²) in [6.07, 6.45) is 3.94. The molecule has 1 aromatic heterocycles. The van der Waals surface area contributed by atoms with Crippen LogP contribution in [0, 0.1) is 0 Å². The number of rotatable bonds is 7. The van der Waals surface area contributed by atoms with E-state index in [4.69, 9.17) is 0 Å². The molecule has 0 spiro atoms. The van der Waals surface area contributed by atoms with E-state index in [0.29, 0.717) is 12.1 Å². The molecule has 0 atom stereocenters. The molecule has 1 heterocycles. The highest BCUT2D eigenvalue weighted by Gasteiger charge is 2.09. The van der Waals surface area contributed by atoms with Crippen molar-refractivity contribution in [3.8, 4) is 0 Å². The second-order valence-electron chi connectivity index (χ2n) is 5.35. The van der Waals surface area contributed by atoms with Gasteiger partial charge in [-0.25, -0.2) is 4.98 Å². The maximum absolute atomic E-state index is 12.2. The monoisotopic (exact) mass is 297 g/mol. The van der Waals surface area contributed by atoms with Gasteiger partial charge in [0.15, 0.2) is 0 Å². The molecule has 0 aliphatic carbocycles. The number of carbonyl (C=O) groups excluding carboxylic acids is 1. The zero-order valence-electron chi connectivity index (χ0n) is 13.2. The molecule has 0 unspecified atom stereocenters. The SMILES string of the molecule is CCCCN(C)c1cc(C(=O)NCc2ccccc2)ccn1. The second-order valence-corrected chi connectivity index (χ2v) is 5.35. The lowest BCUT2D eigenvalue weighted by Crippen LogP contribution is -2.24. The number of pyridine rings is 1. The lowest BCUT2D eigenvalue weighted by atomic mass is 10.2. The van der Waals surface area contributed by atoms with E-state index in [1.165, 1.54) is 0 Å². The number of carbonyl (C=O) groups is 1. The predicted octanol–water partition coefficient (Wildman–Crippen LogP) is 3.25. The van der Waals surface area contributed by atoms with Crippen molar-refractivity contribution >= 4 is 11.7 Å². The summed E-state index contributed by atoms with van der Waals surface area (Å²) < 4.78 is 0. The molecule has 22 heavy (non-hydrogen) atoms. The zero-order chi connectivity index (χ0) is 15.8. The van der Waals surface area contributed by atoms with E-state index in [0.717, 1.165) is 30.8 Å². The first kappa shape index (κ1) is 16.0. The molecule has 0 bridgehead atoms. The Balaban J connectivity index is 1.97. The summed E-state index contributed by atoms with van der Waals surface area (Å²) in [6, 6.07) is 13.5. The summed E-state index contributed by atoms with van der Waals surface area (Å²) in [4.78, 5) is 18.7. The van der Waals surface area contributed by atoms with Crippen LogP contribution in [0.1, 0.15) is 35.7 Å². The second kappa shape index (κ2) is 8.17. The molecular formula is C18H23N3O. The molecule has 0 fully saturated rings. The number of amides is 1. The number of nitrogens with one attached hydrogen (secondary N) is 1. The summed E-state index contributed by atoms with van der Waals surface area (Å²) >= 11 is 0. The van der Waals surface area contributed by atoms with E-state index in [2.05, 4.69) is 22.1 Å². The average Bonchev–Trinajstić information content (AvgIpc) is 2.58. The predicted molar refractivity (Wildman–Crippen MR) is 90.0 cm³/mol. The number of anilines is 1. The molecule has 2 rings (SSSR count). The van der Waals surface area contributed by atoms with Crippen LogP contribution in [0.5, 0.6) is 0 Å². The minimum Gasteiger partial charge on any atom is -0.360 e. The number of nitrogens with zero attached hydrogens (tertiary/aromatic N) is 2. The lowest BCUT2D eigenvalue weighted by molar-refractivity contribution is 0.0951. The van der Waals surface area contributed by atoms with Crippen LogP contribution >= 0.6 is 0 Å². The smallest absolute Gasteiger partial charge is 0.251 e. The molecule has 0 saturated heterocycles. The van der Waals surface area contributed by atoms with Gasteiger partial charge < -0.3 is 10.2 Å². The molecule has 0 aliphatic heterocycles. The topological polar surface area (TPSA) is 45.2 Å². The minimum absolute atomic E-state index is 0.0728. The first-order chi connectivity index (χ1) is 10.7. The highest BCUT2D eigenvalue weighted by molar-refractivity contribution is 5.94. The molecule has 116 valence electrons. The molecular weight excluding hydrogens is 274 g/mol. The molecule has 4 nitrogen and oxygen atoms in total. The van der Waals surface area contributed by atoms with E-state index in [-0.39, 0.29) is 5.91 Å². The normalized spacial score (nSPS) is 10.3. The molecule has 1 amide bonds. The fraction of sp³-hybridized carbons (Fsp3) is 0.333. The quantitative estimate of drug-likeness (QED) is 0.853. The summed E-state index contributed by atoms with van der Waals surface area (Å²) in [7, 11) is 2.00. The molecule has 1 N–H and O–H groups in total. The molecule has 0 saturated carbocycles. The van der Waals surface area contributed by atoms with Gasteiger partial charge in [-0.05, 0) is 24.1 Å². The van der Waals surface area contributed by atoms with Gasteiger partial charge >= 0.3 is 0 Å². The lowest BCUT2D eigenvalue weighted by Gasteiger charge is -2.18. The summed E-state index contributed by atoms with van der Waals surface area (Å²) in [5.74, 6) is 0.761. The third kappa shape index (κ3) is 4.58. The van der Waals surface area contributed by atoms with Crippen molar-refractivity contribution in [1.29, 1.82) is 0 Å². The Morgan fingerprint density at radius 1 is 1.23 bits per heavy atom. The van der Waals surface area contributed by atoms with Gasteiger partial charge in [-0.1, -0.05) is 43.7 Å². The van der Waals surface area contributed by atoms with E-state index in [9.17, 15) is 4.79 Å². The third-order valence-corrected chi connectivity index (χ3v) is 3.54. The minimum atomic E-state index is -0.0728. The van der Waals surface area contributed by atoms with Crippen LogP contribution in [0.3, 0.4) is 0 Å². The fourth-order valence-corrected chi connectivity index (χ4v) is 2.16. The van der Waals surface area contributed by atoms with E-state index in [1.807, 2.05) is 43.4 Å². The number of hydrogen-bond donors (Lipinski definition) is 1. The first-order valence-electron chi connectivity index (χ1n) is 7.70. The maximum atomic E-state index is 12.2. The Morgan fingerprint density at radius 3 is 2.73 bits per heavy atom. The molecule has 1 aromatic carbocycles. The standard InChI is InChI=1S/C18H23N3O/c1-3-4-12-21(2)17-13-16(10-11-19-17)18(22)20-14-15-8-6-5-7-9-15/h5-11,13H,3-4,12,14H2,1-2H3,(H,20,22). The Bertz CT molecular complexity index is 598. The van der Waals surface area contributed by atoms with Gasteiger partial charge in [-0.3, -0.25) is 4.79 Å². The first-order valence-corrected chi connectivity index (χ1v) is 7.70. The van der Waals surface area contributed by atoms with Gasteiger partial charge in [0.1, 0.15) is 5.82 Å². The van der Waals surface area contributed by atoms with Crippen molar-refractivity contribution in [2.75, 3.05) is 18.5 Å². The van der Waals surface area contributed by atoms with Crippen LogP contribution in [0.2, 0.25) is 0 Å². The molecule has 0 radical (unpaired) electrons. The van der Waals surface area contributed by atoms with E-state index >= 15 is 0 Å². The van der Waals surface area contributed by atoms with Gasteiger partial charge in [-0.2, -0.15) is 0 Å². The Labute approximate surface area is 132 Å². The largest absolute Gasteiger partial charge is 0.360 e. The summed E-state index contributed by atoms with van der Waals surface area (Å²) in [5.41, 5.74) is 1.73. The van der Waals surface area contributed by atoms with Crippen molar-refractivity contribution in [3.63, 3.8) is 0 Å². The average molecular weight is 297 g/mol. The Morgan fingerprint density at radius 2 is 2.00 bits per heavy atom. The van der Waals surface area contributed by atoms with Gasteiger partial charge in [0.2, 0.25) is 0 Å². The van der Waals surface area contributed by atoms with E-state index < -0.39 is 0 Å². The Kier molecular flexibility index (Phi) is 5.95. The number of aromatic nitrogens is 1. The van der Waals surface area contributed by atoms with Gasteiger partial charge in [0.25, 0.3) is 5.91 Å². The Hall–Kier alpha value is -2.36. The molecule has 2 aromatic rings. The van der Waals surface area contributed by atoms with Crippen LogP contribution in [0.4, 0.5) is 5.82 Å². The van der Waals surface area contributed by atoms with Gasteiger partial charge in [-0.15, -0.1) is 0 Å². The fourth-order valence-electron chi connectivity index (χ4n) is 2.16. The van der Waals surface area contributed by atoms with Crippen molar-refractivity contribution < 1.29 is 4.79 Å². The number of hydrogen-bond acceptors (Lipinski definition) is 3. The van der Waals surface area contributed by atoms with Crippen molar-refractivity contribution in [2.24, 2.45) is 0 Å². The number of benzene rings is 1. The number of unbranched alkanes of at least 4 members (excludes halogenated alkanes) is 1. The molecule has 4 heteroatoms. The van der Waals surface area contributed by atoms with Crippen molar-refractivity contribution in [3.05, 3.63) is 59.8 Å². The van der Waals surface area contributed by atoms with Gasteiger partial charge in [0, 0.05) is 31.9 Å². The van der Waals surface area contributed by atoms with Crippen LogP contribution in [-0.2, 0) is 6.54 Å². The van der Waals surface area contributed by atoms with Crippen LogP contribution < -0.4 is 10.2 Å². The zero-order valence-corrected chi connectivity index (χ0v) is 13.2. The van der Waals surface area contributed by atoms with Crippen LogP contribution in [0.15, 0.2) is 48.7 Å². The van der Waals surface area contributed by atoms with Crippen LogP contribution in [0.25, 0.3) is 0 Å². The third-order valence-electron chi connectivity index (χ3n) is 3.54. The highest BCUT2D eigenvalue weighted by Crippen LogP contribution is 2.12. The molecule has 0 aliphatic rings. The summed E-state index contributed by atoms with van der Waals surface area (Å²) in [6.45, 7) is 3.64. The maximum Gasteiger partial charge on any atom is 0.251 e.